The maximum Gasteiger partial charge on any atom is 0.264 e. The number of hydrogen-bond donors (Lipinski definition) is 1. The SMILES string of the molecule is [2H]C([2H])([2H])c1nc2cccc(N)c2c(=O)n1[C@]1([2H])C(=O)CC(=O)C([2H])([2H])C1([2H])[2H]. The van der Waals surface area contributed by atoms with Gasteiger partial charge in [-0.15, -0.1) is 0 Å². The van der Waals surface area contributed by atoms with Gasteiger partial charge in [-0.3, -0.25) is 19.0 Å². The van der Waals surface area contributed by atoms with Crippen LogP contribution in [0.3, 0.4) is 0 Å². The summed E-state index contributed by atoms with van der Waals surface area (Å²) >= 11 is 0. The van der Waals surface area contributed by atoms with E-state index in [0.29, 0.717) is 0 Å². The first-order valence-electron chi connectivity index (χ1n) is 9.97. The van der Waals surface area contributed by atoms with Crippen molar-refractivity contribution < 1.29 is 20.6 Å². The second-order valence-electron chi connectivity index (χ2n) is 4.44. The molecule has 6 heteroatoms. The van der Waals surface area contributed by atoms with E-state index in [1.165, 1.54) is 18.2 Å². The number of nitrogen functional groups attached to an aromatic ring is 1. The Labute approximate surface area is 131 Å². The van der Waals surface area contributed by atoms with E-state index in [0.717, 1.165) is 0 Å². The number of ketones is 2. The Morgan fingerprint density at radius 2 is 2.29 bits per heavy atom. The van der Waals surface area contributed by atoms with Gasteiger partial charge in [0.25, 0.3) is 5.56 Å². The first kappa shape index (κ1) is 6.98. The van der Waals surface area contributed by atoms with Crippen LogP contribution in [0.4, 0.5) is 5.69 Å². The predicted molar refractivity (Wildman–Crippen MR) is 78.1 cm³/mol. The molecule has 6 nitrogen and oxygen atoms in total. The summed E-state index contributed by atoms with van der Waals surface area (Å²) in [5.41, 5.74) is 4.17. The van der Waals surface area contributed by atoms with E-state index in [9.17, 15) is 14.4 Å². The standard InChI is InChI=1S/C15H15N3O3/c1-8-17-11-4-2-3-10(16)14(11)15(21)18(8)12-6-5-9(19)7-13(12)20/h2-4,12H,5-7,16H2,1H3/t12-/m0/s1/i1D3,5D2,6D2,12D. The van der Waals surface area contributed by atoms with Gasteiger partial charge in [0.1, 0.15) is 11.6 Å². The topological polar surface area (TPSA) is 95.0 Å². The second-order valence-corrected chi connectivity index (χ2v) is 4.44. The highest BCUT2D eigenvalue weighted by Crippen LogP contribution is 2.24. The van der Waals surface area contributed by atoms with E-state index in [-0.39, 0.29) is 21.2 Å². The van der Waals surface area contributed by atoms with Crippen molar-refractivity contribution in [1.82, 2.24) is 9.55 Å². The lowest BCUT2D eigenvalue weighted by atomic mass is 9.92. The largest absolute Gasteiger partial charge is 0.398 e. The quantitative estimate of drug-likeness (QED) is 0.628. The number of rotatable bonds is 1. The molecule has 1 atom stereocenters. The predicted octanol–water partition coefficient (Wildman–Crippen LogP) is 1.15. The number of fused-ring (bicyclic) bond motifs is 1. The van der Waals surface area contributed by atoms with E-state index in [4.69, 9.17) is 16.7 Å². The van der Waals surface area contributed by atoms with Gasteiger partial charge in [-0.05, 0) is 25.4 Å². The Hall–Kier alpha value is -2.50. The number of anilines is 1. The van der Waals surface area contributed by atoms with E-state index < -0.39 is 55.0 Å². The Balaban J connectivity index is 2.56. The Bertz CT molecular complexity index is 1120. The van der Waals surface area contributed by atoms with Crippen molar-refractivity contribution in [2.75, 3.05) is 5.73 Å². The lowest BCUT2D eigenvalue weighted by Gasteiger charge is -2.24. The molecule has 2 aromatic rings. The molecule has 2 N–H and O–H groups in total. The highest BCUT2D eigenvalue weighted by Gasteiger charge is 2.30. The van der Waals surface area contributed by atoms with Gasteiger partial charge < -0.3 is 5.73 Å². The van der Waals surface area contributed by atoms with Crippen molar-refractivity contribution in [3.63, 3.8) is 0 Å². The maximum atomic E-state index is 13.2. The van der Waals surface area contributed by atoms with Crippen LogP contribution < -0.4 is 11.3 Å². The fourth-order valence-electron chi connectivity index (χ4n) is 2.12. The monoisotopic (exact) mass is 293 g/mol. The third-order valence-electron chi connectivity index (χ3n) is 3.06. The zero-order valence-corrected chi connectivity index (χ0v) is 10.6. The third-order valence-corrected chi connectivity index (χ3v) is 3.06. The minimum Gasteiger partial charge on any atom is -0.398 e. The Kier molecular flexibility index (Phi) is 1.59. The van der Waals surface area contributed by atoms with Gasteiger partial charge in [0, 0.05) is 21.7 Å². The molecule has 1 fully saturated rings. The molecule has 0 spiro atoms. The molecule has 1 saturated carbocycles. The molecule has 0 saturated heterocycles. The van der Waals surface area contributed by atoms with Crippen LogP contribution in [0.25, 0.3) is 10.9 Å². The molecule has 1 aliphatic rings. The van der Waals surface area contributed by atoms with E-state index in [2.05, 4.69) is 4.98 Å². The average molecular weight is 293 g/mol. The minimum absolute atomic E-state index is 0.0191. The lowest BCUT2D eigenvalue weighted by Crippen LogP contribution is -2.36. The number of nitrogens with two attached hydrogens (primary N) is 1. The molecule has 1 aromatic carbocycles. The number of hydrogen-bond acceptors (Lipinski definition) is 5. The minimum atomic E-state index is -3.59. The first-order chi connectivity index (χ1) is 13.1. The fraction of sp³-hybridized carbons (Fsp3) is 0.333. The van der Waals surface area contributed by atoms with Crippen molar-refractivity contribution >= 4 is 28.2 Å². The smallest absolute Gasteiger partial charge is 0.264 e. The molecular formula is C15H15N3O3. The van der Waals surface area contributed by atoms with Gasteiger partial charge in [-0.2, -0.15) is 0 Å². The molecule has 0 unspecified atom stereocenters. The molecular weight excluding hydrogens is 270 g/mol. The number of Topliss-reactive ketones (excluding diaryl/α,β-unsaturated/α-hetero) is 2. The van der Waals surface area contributed by atoms with Crippen molar-refractivity contribution in [1.29, 1.82) is 0 Å². The maximum absolute atomic E-state index is 13.2. The van der Waals surface area contributed by atoms with Crippen molar-refractivity contribution in [2.45, 2.75) is 32.0 Å². The molecule has 1 aliphatic carbocycles. The summed E-state index contributed by atoms with van der Waals surface area (Å²) in [5, 5.41) is -0.354. The molecule has 21 heavy (non-hydrogen) atoms. The number of carbonyl (C=O) groups excluding carboxylic acids is 2. The zero-order valence-electron chi connectivity index (χ0n) is 18.6. The number of carbonyl (C=O) groups is 2. The molecule has 1 aromatic heterocycles. The number of benzene rings is 1. The van der Waals surface area contributed by atoms with E-state index >= 15 is 0 Å². The average Bonchev–Trinajstić information content (AvgIpc) is 2.58. The van der Waals surface area contributed by atoms with Gasteiger partial charge in [-0.1, -0.05) is 6.07 Å². The van der Waals surface area contributed by atoms with E-state index in [1.54, 1.807) is 0 Å². The molecule has 0 radical (unpaired) electrons. The van der Waals surface area contributed by atoms with Gasteiger partial charge in [0.2, 0.25) is 0 Å². The van der Waals surface area contributed by atoms with Crippen LogP contribution >= 0.6 is 0 Å². The zero-order chi connectivity index (χ0) is 22.2. The normalized spacial score (nSPS) is 33.7. The molecule has 1 heterocycles. The highest BCUT2D eigenvalue weighted by molar-refractivity contribution is 6.03. The third kappa shape index (κ3) is 2.12. The second kappa shape index (κ2) is 4.80. The van der Waals surface area contributed by atoms with Crippen LogP contribution in [0, 0.1) is 6.85 Å². The number of aromatic nitrogens is 2. The van der Waals surface area contributed by atoms with Crippen LogP contribution in [0.2, 0.25) is 0 Å². The van der Waals surface area contributed by atoms with E-state index in [1.807, 2.05) is 0 Å². The molecule has 108 valence electrons. The Morgan fingerprint density at radius 3 is 3.05 bits per heavy atom. The molecule has 0 bridgehead atoms. The summed E-state index contributed by atoms with van der Waals surface area (Å²) in [4.78, 5) is 41.6. The van der Waals surface area contributed by atoms with Gasteiger partial charge in [0.05, 0.1) is 24.7 Å². The van der Waals surface area contributed by atoms with Crippen molar-refractivity contribution in [3.05, 3.63) is 34.4 Å². The van der Waals surface area contributed by atoms with Gasteiger partial charge in [0.15, 0.2) is 5.78 Å². The van der Waals surface area contributed by atoms with Crippen LogP contribution in [0.5, 0.6) is 0 Å². The lowest BCUT2D eigenvalue weighted by molar-refractivity contribution is -0.132. The van der Waals surface area contributed by atoms with Crippen LogP contribution in [0.15, 0.2) is 23.0 Å². The first-order valence-corrected chi connectivity index (χ1v) is 5.97. The van der Waals surface area contributed by atoms with Crippen LogP contribution in [-0.4, -0.2) is 21.1 Å². The Morgan fingerprint density at radius 1 is 1.48 bits per heavy atom. The summed E-state index contributed by atoms with van der Waals surface area (Å²) < 4.78 is 63.4. The van der Waals surface area contributed by atoms with Crippen LogP contribution in [0.1, 0.15) is 42.0 Å². The summed E-state index contributed by atoms with van der Waals surface area (Å²) in [6.45, 7) is -3.17. The summed E-state index contributed by atoms with van der Waals surface area (Å²) in [6.07, 6.45) is -8.12. The molecule has 0 amide bonds. The van der Waals surface area contributed by atoms with Gasteiger partial charge in [-0.25, -0.2) is 4.98 Å². The molecule has 0 aliphatic heterocycles. The van der Waals surface area contributed by atoms with Crippen LogP contribution in [-0.2, 0) is 9.59 Å². The van der Waals surface area contributed by atoms with Crippen molar-refractivity contribution in [2.24, 2.45) is 0 Å². The molecule has 3 rings (SSSR count). The fourth-order valence-corrected chi connectivity index (χ4v) is 2.12. The summed E-state index contributed by atoms with van der Waals surface area (Å²) in [7, 11) is 0. The van der Waals surface area contributed by atoms with Gasteiger partial charge >= 0.3 is 0 Å². The summed E-state index contributed by atoms with van der Waals surface area (Å²) in [5.74, 6) is -3.96. The highest BCUT2D eigenvalue weighted by atomic mass is 16.2. The number of aryl methyl sites for hydroxylation is 1. The number of nitrogens with zero attached hydrogens (tertiary/aromatic N) is 2. The summed E-state index contributed by atoms with van der Waals surface area (Å²) in [6, 6.07) is 0.566. The van der Waals surface area contributed by atoms with Crippen molar-refractivity contribution in [3.8, 4) is 0 Å².